The monoisotopic (exact) mass is 246 g/mol. The molecular formula is C11H19ClN2O2. The number of hydrogen-bond donors (Lipinski definition) is 1. The zero-order valence-electron chi connectivity index (χ0n) is 9.73. The molecule has 5 heteroatoms. The number of unbranched alkanes of at least 4 members (excludes halogenated alkanes) is 1. The second kappa shape index (κ2) is 7.30. The summed E-state index contributed by atoms with van der Waals surface area (Å²) in [7, 11) is 1.75. The summed E-state index contributed by atoms with van der Waals surface area (Å²) < 4.78 is 7.05. The molecule has 16 heavy (non-hydrogen) atoms. The maximum absolute atomic E-state index is 11.4. The van der Waals surface area contributed by atoms with Gasteiger partial charge in [0.25, 0.3) is 5.56 Å². The predicted octanol–water partition coefficient (Wildman–Crippen LogP) is 1.23. The first-order valence-corrected chi connectivity index (χ1v) is 5.15. The van der Waals surface area contributed by atoms with E-state index < -0.39 is 0 Å². The second-order valence-electron chi connectivity index (χ2n) is 3.57. The Morgan fingerprint density at radius 3 is 2.62 bits per heavy atom. The van der Waals surface area contributed by atoms with Crippen LogP contribution in [0.25, 0.3) is 0 Å². The molecule has 0 amide bonds. The zero-order chi connectivity index (χ0) is 11.3. The first kappa shape index (κ1) is 15.0. The van der Waals surface area contributed by atoms with Crippen LogP contribution in [0.15, 0.2) is 16.9 Å². The van der Waals surface area contributed by atoms with Crippen molar-refractivity contribution in [2.75, 3.05) is 13.2 Å². The highest BCUT2D eigenvalue weighted by molar-refractivity contribution is 5.85. The van der Waals surface area contributed by atoms with Crippen LogP contribution in [0.3, 0.4) is 0 Å². The maximum Gasteiger partial charge on any atom is 0.254 e. The van der Waals surface area contributed by atoms with E-state index in [4.69, 9.17) is 10.5 Å². The quantitative estimate of drug-likeness (QED) is 0.796. The van der Waals surface area contributed by atoms with Crippen molar-refractivity contribution in [1.29, 1.82) is 0 Å². The van der Waals surface area contributed by atoms with E-state index in [-0.39, 0.29) is 18.0 Å². The molecule has 0 saturated heterocycles. The highest BCUT2D eigenvalue weighted by atomic mass is 35.5. The average Bonchev–Trinajstić information content (AvgIpc) is 2.21. The lowest BCUT2D eigenvalue weighted by molar-refractivity contribution is 0.306. The van der Waals surface area contributed by atoms with E-state index in [9.17, 15) is 4.79 Å². The highest BCUT2D eigenvalue weighted by Gasteiger charge is 2.00. The first-order chi connectivity index (χ1) is 7.15. The summed E-state index contributed by atoms with van der Waals surface area (Å²) in [6, 6.07) is 3.37. The van der Waals surface area contributed by atoms with Crippen molar-refractivity contribution in [1.82, 2.24) is 4.57 Å². The Morgan fingerprint density at radius 2 is 2.06 bits per heavy atom. The molecule has 0 spiro atoms. The molecule has 0 aliphatic rings. The van der Waals surface area contributed by atoms with Crippen molar-refractivity contribution in [3.05, 3.63) is 28.2 Å². The van der Waals surface area contributed by atoms with Crippen molar-refractivity contribution >= 4 is 12.4 Å². The predicted molar refractivity (Wildman–Crippen MR) is 67.5 cm³/mol. The molecule has 0 aliphatic heterocycles. The Bertz CT molecular complexity index is 377. The number of nitrogens with two attached hydrogens (primary N) is 1. The standard InChI is InChI=1S/C11H18N2O2.ClH/c1-9-7-10(8-11(14)13(9)2)15-6-4-3-5-12;/h7-8H,3-6,12H2,1-2H3;1H. The van der Waals surface area contributed by atoms with Crippen LogP contribution in [0.5, 0.6) is 5.75 Å². The molecular weight excluding hydrogens is 228 g/mol. The topological polar surface area (TPSA) is 57.2 Å². The van der Waals surface area contributed by atoms with Crippen molar-refractivity contribution in [2.45, 2.75) is 19.8 Å². The number of nitrogens with zero attached hydrogens (tertiary/aromatic N) is 1. The number of aromatic nitrogens is 1. The van der Waals surface area contributed by atoms with E-state index in [0.29, 0.717) is 18.9 Å². The maximum atomic E-state index is 11.4. The molecule has 0 aliphatic carbocycles. The number of rotatable bonds is 5. The van der Waals surface area contributed by atoms with Gasteiger partial charge in [-0.2, -0.15) is 0 Å². The number of aryl methyl sites for hydroxylation is 1. The normalized spacial score (nSPS) is 9.69. The minimum Gasteiger partial charge on any atom is -0.493 e. The van der Waals surface area contributed by atoms with Crippen LogP contribution in [0.4, 0.5) is 0 Å². The first-order valence-electron chi connectivity index (χ1n) is 5.15. The van der Waals surface area contributed by atoms with E-state index in [1.54, 1.807) is 11.6 Å². The third kappa shape index (κ3) is 4.24. The van der Waals surface area contributed by atoms with Gasteiger partial charge in [-0.05, 0) is 32.4 Å². The molecule has 0 bridgehead atoms. The average molecular weight is 247 g/mol. The third-order valence-corrected chi connectivity index (χ3v) is 2.34. The largest absolute Gasteiger partial charge is 0.493 e. The number of halogens is 1. The fraction of sp³-hybridized carbons (Fsp3) is 0.545. The molecule has 0 fully saturated rings. The van der Waals surface area contributed by atoms with Crippen LogP contribution >= 0.6 is 12.4 Å². The molecule has 1 aromatic heterocycles. The van der Waals surface area contributed by atoms with E-state index in [1.165, 1.54) is 6.07 Å². The van der Waals surface area contributed by atoms with E-state index >= 15 is 0 Å². The molecule has 0 aromatic carbocycles. The van der Waals surface area contributed by atoms with Gasteiger partial charge in [0.1, 0.15) is 5.75 Å². The van der Waals surface area contributed by atoms with Gasteiger partial charge in [-0.3, -0.25) is 4.79 Å². The molecule has 0 radical (unpaired) electrons. The zero-order valence-corrected chi connectivity index (χ0v) is 10.5. The van der Waals surface area contributed by atoms with Gasteiger partial charge in [0.05, 0.1) is 6.61 Å². The molecule has 1 aromatic rings. The van der Waals surface area contributed by atoms with E-state index in [2.05, 4.69) is 0 Å². The van der Waals surface area contributed by atoms with Crippen LogP contribution in [0.1, 0.15) is 18.5 Å². The van der Waals surface area contributed by atoms with Gasteiger partial charge in [0.2, 0.25) is 0 Å². The lowest BCUT2D eigenvalue weighted by atomic mass is 10.3. The SMILES string of the molecule is Cc1cc(OCCCCN)cc(=O)n1C.Cl. The summed E-state index contributed by atoms with van der Waals surface area (Å²) in [5.41, 5.74) is 6.23. The number of pyridine rings is 1. The molecule has 4 nitrogen and oxygen atoms in total. The van der Waals surface area contributed by atoms with Gasteiger partial charge in [-0.15, -0.1) is 12.4 Å². The summed E-state index contributed by atoms with van der Waals surface area (Å²) in [4.78, 5) is 11.4. The van der Waals surface area contributed by atoms with Gasteiger partial charge in [0, 0.05) is 18.8 Å². The Morgan fingerprint density at radius 1 is 1.38 bits per heavy atom. The Balaban J connectivity index is 0.00000225. The van der Waals surface area contributed by atoms with Crippen molar-refractivity contribution < 1.29 is 4.74 Å². The molecule has 2 N–H and O–H groups in total. The Labute approximate surface area is 102 Å². The van der Waals surface area contributed by atoms with Crippen molar-refractivity contribution in [2.24, 2.45) is 12.8 Å². The molecule has 1 rings (SSSR count). The molecule has 92 valence electrons. The van der Waals surface area contributed by atoms with E-state index in [0.717, 1.165) is 18.5 Å². The Hall–Kier alpha value is -1.00. The summed E-state index contributed by atoms with van der Waals surface area (Å²) in [5, 5.41) is 0. The van der Waals surface area contributed by atoms with Gasteiger partial charge >= 0.3 is 0 Å². The van der Waals surface area contributed by atoms with Gasteiger partial charge in [-0.25, -0.2) is 0 Å². The molecule has 0 unspecified atom stereocenters. The van der Waals surface area contributed by atoms with Crippen LogP contribution < -0.4 is 16.0 Å². The molecule has 1 heterocycles. The van der Waals surface area contributed by atoms with Gasteiger partial charge in [0.15, 0.2) is 0 Å². The minimum absolute atomic E-state index is 0. The summed E-state index contributed by atoms with van der Waals surface area (Å²) in [5.74, 6) is 0.646. The Kier molecular flexibility index (Phi) is 6.85. The van der Waals surface area contributed by atoms with Crippen molar-refractivity contribution in [3.8, 4) is 5.75 Å². The fourth-order valence-corrected chi connectivity index (χ4v) is 1.26. The minimum atomic E-state index is -0.0381. The van der Waals surface area contributed by atoms with E-state index in [1.807, 2.05) is 13.0 Å². The second-order valence-corrected chi connectivity index (χ2v) is 3.57. The van der Waals surface area contributed by atoms with Gasteiger partial charge < -0.3 is 15.0 Å². The van der Waals surface area contributed by atoms with Crippen molar-refractivity contribution in [3.63, 3.8) is 0 Å². The summed E-state index contributed by atoms with van der Waals surface area (Å²) in [6.07, 6.45) is 1.87. The van der Waals surface area contributed by atoms with Crippen LogP contribution in [0, 0.1) is 6.92 Å². The number of ether oxygens (including phenoxy) is 1. The highest BCUT2D eigenvalue weighted by Crippen LogP contribution is 2.09. The molecule has 0 atom stereocenters. The van der Waals surface area contributed by atoms with Crippen LogP contribution in [-0.2, 0) is 7.05 Å². The summed E-state index contributed by atoms with van der Waals surface area (Å²) >= 11 is 0. The lowest BCUT2D eigenvalue weighted by Crippen LogP contribution is -2.18. The smallest absolute Gasteiger partial charge is 0.254 e. The number of hydrogen-bond acceptors (Lipinski definition) is 3. The van der Waals surface area contributed by atoms with Crippen LogP contribution in [0.2, 0.25) is 0 Å². The summed E-state index contributed by atoms with van der Waals surface area (Å²) in [6.45, 7) is 3.18. The molecule has 0 saturated carbocycles. The van der Waals surface area contributed by atoms with Crippen LogP contribution in [-0.4, -0.2) is 17.7 Å². The third-order valence-electron chi connectivity index (χ3n) is 2.34. The fourth-order valence-electron chi connectivity index (χ4n) is 1.26. The lowest BCUT2D eigenvalue weighted by Gasteiger charge is -2.08. The van der Waals surface area contributed by atoms with Gasteiger partial charge in [-0.1, -0.05) is 0 Å².